The van der Waals surface area contributed by atoms with E-state index in [9.17, 15) is 13.2 Å². The van der Waals surface area contributed by atoms with Gasteiger partial charge in [0.2, 0.25) is 0 Å². The normalized spacial score (nSPS) is 13.3. The molecule has 1 unspecified atom stereocenters. The molecule has 1 atom stereocenters. The van der Waals surface area contributed by atoms with Gasteiger partial charge in [-0.05, 0) is 24.5 Å². The van der Waals surface area contributed by atoms with Crippen molar-refractivity contribution < 1.29 is 22.9 Å². The molecule has 1 rings (SSSR count). The Labute approximate surface area is 99.8 Å². The third kappa shape index (κ3) is 4.54. The van der Waals surface area contributed by atoms with E-state index < -0.39 is 21.3 Å². The molecule has 94 valence electrons. The van der Waals surface area contributed by atoms with Gasteiger partial charge in [-0.3, -0.25) is 9.35 Å². The van der Waals surface area contributed by atoms with Crippen molar-refractivity contribution >= 4 is 16.1 Å². The molecule has 0 aromatic heterocycles. The third-order valence-corrected chi connectivity index (χ3v) is 3.59. The van der Waals surface area contributed by atoms with Gasteiger partial charge in [0.15, 0.2) is 0 Å². The summed E-state index contributed by atoms with van der Waals surface area (Å²) in [5.74, 6) is -0.913. The van der Waals surface area contributed by atoms with Gasteiger partial charge in [0, 0.05) is 0 Å². The highest BCUT2D eigenvalue weighted by molar-refractivity contribution is 7.86. The molecule has 0 radical (unpaired) electrons. The first-order chi connectivity index (χ1) is 7.79. The Morgan fingerprint density at radius 2 is 1.71 bits per heavy atom. The Balaban J connectivity index is 2.72. The van der Waals surface area contributed by atoms with Crippen molar-refractivity contribution in [2.24, 2.45) is 0 Å². The van der Waals surface area contributed by atoms with Crippen LogP contribution in [0.15, 0.2) is 24.3 Å². The first-order valence-electron chi connectivity index (χ1n) is 5.05. The molecule has 0 fully saturated rings. The quantitative estimate of drug-likeness (QED) is 0.772. The molecule has 1 aromatic carbocycles. The highest BCUT2D eigenvalue weighted by Crippen LogP contribution is 2.11. The monoisotopic (exact) mass is 258 g/mol. The van der Waals surface area contributed by atoms with Crippen LogP contribution in [0.5, 0.6) is 0 Å². The lowest BCUT2D eigenvalue weighted by Crippen LogP contribution is -2.19. The molecule has 6 heteroatoms. The summed E-state index contributed by atoms with van der Waals surface area (Å²) >= 11 is 0. The topological polar surface area (TPSA) is 91.7 Å². The number of aliphatic carboxylic acids is 1. The van der Waals surface area contributed by atoms with Crippen molar-refractivity contribution in [2.75, 3.05) is 0 Å². The minimum atomic E-state index is -4.02. The number of hydrogen-bond donors (Lipinski definition) is 2. The Morgan fingerprint density at radius 3 is 2.12 bits per heavy atom. The van der Waals surface area contributed by atoms with E-state index in [1.54, 1.807) is 24.3 Å². The molecule has 0 aliphatic heterocycles. The zero-order valence-electron chi connectivity index (χ0n) is 9.33. The predicted molar refractivity (Wildman–Crippen MR) is 62.5 cm³/mol. The second-order valence-corrected chi connectivity index (χ2v) is 5.75. The maximum atomic E-state index is 10.8. The first-order valence-corrected chi connectivity index (χ1v) is 6.55. The molecule has 0 saturated carbocycles. The van der Waals surface area contributed by atoms with Crippen LogP contribution in [0.25, 0.3) is 0 Å². The highest BCUT2D eigenvalue weighted by Gasteiger charge is 2.17. The van der Waals surface area contributed by atoms with Crippen LogP contribution in [-0.2, 0) is 27.8 Å². The van der Waals surface area contributed by atoms with Crippen LogP contribution in [0.2, 0.25) is 0 Å². The summed E-state index contributed by atoms with van der Waals surface area (Å²) in [6, 6.07) is 6.61. The van der Waals surface area contributed by atoms with E-state index in [2.05, 4.69) is 0 Å². The van der Waals surface area contributed by atoms with Crippen LogP contribution in [0.4, 0.5) is 0 Å². The number of rotatable bonds is 5. The average Bonchev–Trinajstić information content (AvgIpc) is 2.18. The smallest absolute Gasteiger partial charge is 0.307 e. The standard InChI is InChI=1S/C11H14O5S/c1-8(17(14,15)16)6-9-2-4-10(5-3-9)7-11(12)13/h2-5,8H,6-7H2,1H3,(H,12,13)(H,14,15,16). The summed E-state index contributed by atoms with van der Waals surface area (Å²) < 4.78 is 30.5. The molecule has 0 heterocycles. The second-order valence-electron chi connectivity index (χ2n) is 3.92. The summed E-state index contributed by atoms with van der Waals surface area (Å²) in [5.41, 5.74) is 1.39. The fraction of sp³-hybridized carbons (Fsp3) is 0.364. The largest absolute Gasteiger partial charge is 0.481 e. The molecule has 2 N–H and O–H groups in total. The Bertz CT molecular complexity index is 489. The lowest BCUT2D eigenvalue weighted by atomic mass is 10.1. The molecular weight excluding hydrogens is 244 g/mol. The molecule has 0 amide bonds. The number of hydrogen-bond acceptors (Lipinski definition) is 3. The van der Waals surface area contributed by atoms with E-state index in [4.69, 9.17) is 9.66 Å². The lowest BCUT2D eigenvalue weighted by Gasteiger charge is -2.08. The molecular formula is C11H14O5S. The van der Waals surface area contributed by atoms with Crippen molar-refractivity contribution in [1.29, 1.82) is 0 Å². The van der Waals surface area contributed by atoms with E-state index in [-0.39, 0.29) is 12.8 Å². The third-order valence-electron chi connectivity index (χ3n) is 2.41. The lowest BCUT2D eigenvalue weighted by molar-refractivity contribution is -0.136. The second kappa shape index (κ2) is 5.29. The van der Waals surface area contributed by atoms with Crippen LogP contribution >= 0.6 is 0 Å². The van der Waals surface area contributed by atoms with Crippen LogP contribution in [0, 0.1) is 0 Å². The Morgan fingerprint density at radius 1 is 1.24 bits per heavy atom. The molecule has 17 heavy (non-hydrogen) atoms. The number of carbonyl (C=O) groups is 1. The predicted octanol–water partition coefficient (Wildman–Crippen LogP) is 1.13. The number of carboxylic acid groups (broad SMARTS) is 1. The molecule has 0 spiro atoms. The van der Waals surface area contributed by atoms with Gasteiger partial charge in [-0.25, -0.2) is 0 Å². The fourth-order valence-electron chi connectivity index (χ4n) is 1.41. The van der Waals surface area contributed by atoms with Crippen molar-refractivity contribution in [3.8, 4) is 0 Å². The maximum absolute atomic E-state index is 10.8. The van der Waals surface area contributed by atoms with Crippen molar-refractivity contribution in [3.63, 3.8) is 0 Å². The number of carboxylic acids is 1. The van der Waals surface area contributed by atoms with E-state index in [1.807, 2.05) is 0 Å². The van der Waals surface area contributed by atoms with Crippen molar-refractivity contribution in [1.82, 2.24) is 0 Å². The molecule has 0 aliphatic rings. The molecule has 0 bridgehead atoms. The van der Waals surface area contributed by atoms with Gasteiger partial charge in [0.05, 0.1) is 11.7 Å². The summed E-state index contributed by atoms with van der Waals surface area (Å²) in [4.78, 5) is 10.5. The van der Waals surface area contributed by atoms with Gasteiger partial charge in [0.25, 0.3) is 10.1 Å². The van der Waals surface area contributed by atoms with Gasteiger partial charge in [-0.15, -0.1) is 0 Å². The SMILES string of the molecule is CC(Cc1ccc(CC(=O)O)cc1)S(=O)(=O)O. The molecule has 0 saturated heterocycles. The molecule has 1 aromatic rings. The fourth-order valence-corrected chi connectivity index (χ4v) is 1.81. The van der Waals surface area contributed by atoms with Gasteiger partial charge in [0.1, 0.15) is 0 Å². The summed E-state index contributed by atoms with van der Waals surface area (Å²) in [6.07, 6.45) is 0.139. The zero-order valence-corrected chi connectivity index (χ0v) is 10.1. The molecule has 0 aliphatic carbocycles. The first kappa shape index (κ1) is 13.7. The van der Waals surface area contributed by atoms with Crippen molar-refractivity contribution in [2.45, 2.75) is 25.0 Å². The van der Waals surface area contributed by atoms with Gasteiger partial charge in [-0.2, -0.15) is 8.42 Å². The van der Waals surface area contributed by atoms with E-state index in [0.29, 0.717) is 5.56 Å². The van der Waals surface area contributed by atoms with Gasteiger partial charge < -0.3 is 5.11 Å². The van der Waals surface area contributed by atoms with Crippen LogP contribution in [-0.4, -0.2) is 29.3 Å². The zero-order chi connectivity index (χ0) is 13.1. The summed E-state index contributed by atoms with van der Waals surface area (Å²) in [5, 5.41) is 7.71. The van der Waals surface area contributed by atoms with E-state index in [0.717, 1.165) is 5.56 Å². The Hall–Kier alpha value is -1.40. The van der Waals surface area contributed by atoms with Crippen LogP contribution in [0.1, 0.15) is 18.1 Å². The van der Waals surface area contributed by atoms with Crippen LogP contribution < -0.4 is 0 Å². The summed E-state index contributed by atoms with van der Waals surface area (Å²) in [6.45, 7) is 1.42. The number of benzene rings is 1. The maximum Gasteiger partial charge on any atom is 0.307 e. The van der Waals surface area contributed by atoms with Gasteiger partial charge in [-0.1, -0.05) is 24.3 Å². The molecule has 5 nitrogen and oxygen atoms in total. The van der Waals surface area contributed by atoms with Crippen molar-refractivity contribution in [3.05, 3.63) is 35.4 Å². The Kier molecular flexibility index (Phi) is 4.25. The minimum absolute atomic E-state index is 0.0614. The average molecular weight is 258 g/mol. The van der Waals surface area contributed by atoms with Crippen LogP contribution in [0.3, 0.4) is 0 Å². The minimum Gasteiger partial charge on any atom is -0.481 e. The van der Waals surface area contributed by atoms with Gasteiger partial charge >= 0.3 is 5.97 Å². The summed E-state index contributed by atoms with van der Waals surface area (Å²) in [7, 11) is -4.02. The van der Waals surface area contributed by atoms with E-state index >= 15 is 0 Å². The highest BCUT2D eigenvalue weighted by atomic mass is 32.2. The van der Waals surface area contributed by atoms with E-state index in [1.165, 1.54) is 6.92 Å².